The van der Waals surface area contributed by atoms with E-state index in [-0.39, 0.29) is 18.2 Å². The van der Waals surface area contributed by atoms with E-state index < -0.39 is 0 Å². The average Bonchev–Trinajstić information content (AvgIpc) is 2.23. The van der Waals surface area contributed by atoms with Crippen LogP contribution in [0.1, 0.15) is 17.5 Å². The number of amides is 2. The first-order valence-corrected chi connectivity index (χ1v) is 5.24. The molecule has 0 unspecified atom stereocenters. The number of hydrogen-bond acceptors (Lipinski definition) is 2. The van der Waals surface area contributed by atoms with Gasteiger partial charge in [0.2, 0.25) is 11.8 Å². The van der Waals surface area contributed by atoms with E-state index >= 15 is 0 Å². The molecular weight excluding hydrogens is 204 g/mol. The molecular formula is C12H14N2O2. The molecule has 1 aliphatic heterocycles. The second-order valence-corrected chi connectivity index (χ2v) is 4.06. The Kier molecular flexibility index (Phi) is 2.64. The number of fused-ring (bicyclic) bond motifs is 1. The maximum absolute atomic E-state index is 11.5. The molecule has 1 aromatic rings. The van der Waals surface area contributed by atoms with Crippen LogP contribution in [-0.2, 0) is 22.4 Å². The first-order chi connectivity index (χ1) is 7.58. The third kappa shape index (κ3) is 1.91. The Bertz CT molecular complexity index is 454. The van der Waals surface area contributed by atoms with Gasteiger partial charge in [-0.15, -0.1) is 0 Å². The second kappa shape index (κ2) is 3.96. The van der Waals surface area contributed by atoms with Crippen molar-refractivity contribution in [1.82, 2.24) is 0 Å². The zero-order chi connectivity index (χ0) is 11.7. The van der Waals surface area contributed by atoms with Gasteiger partial charge in [-0.3, -0.25) is 9.59 Å². The monoisotopic (exact) mass is 218 g/mol. The number of nitrogens with two attached hydrogens (primary N) is 1. The van der Waals surface area contributed by atoms with Gasteiger partial charge < -0.3 is 10.6 Å². The van der Waals surface area contributed by atoms with Gasteiger partial charge in [-0.05, 0) is 23.6 Å². The van der Waals surface area contributed by atoms with E-state index in [1.54, 1.807) is 11.9 Å². The molecule has 1 heterocycles. The van der Waals surface area contributed by atoms with Gasteiger partial charge in [-0.2, -0.15) is 0 Å². The van der Waals surface area contributed by atoms with Crippen molar-refractivity contribution >= 4 is 17.5 Å². The summed E-state index contributed by atoms with van der Waals surface area (Å²) in [5, 5.41) is 0. The van der Waals surface area contributed by atoms with Gasteiger partial charge in [0, 0.05) is 19.2 Å². The number of anilines is 1. The summed E-state index contributed by atoms with van der Waals surface area (Å²) in [5.41, 5.74) is 8.10. The Labute approximate surface area is 94.0 Å². The minimum absolute atomic E-state index is 0.134. The molecule has 2 amide bonds. The van der Waals surface area contributed by atoms with E-state index in [0.717, 1.165) is 23.2 Å². The first kappa shape index (κ1) is 10.7. The molecule has 1 aliphatic rings. The molecule has 0 saturated heterocycles. The first-order valence-electron chi connectivity index (χ1n) is 5.24. The van der Waals surface area contributed by atoms with Crippen LogP contribution in [0, 0.1) is 0 Å². The molecule has 4 nitrogen and oxygen atoms in total. The topological polar surface area (TPSA) is 63.4 Å². The summed E-state index contributed by atoms with van der Waals surface area (Å²) in [4.78, 5) is 23.9. The van der Waals surface area contributed by atoms with Crippen LogP contribution in [0.5, 0.6) is 0 Å². The van der Waals surface area contributed by atoms with Crippen LogP contribution in [0.2, 0.25) is 0 Å². The molecule has 84 valence electrons. The minimum atomic E-state index is -0.333. The van der Waals surface area contributed by atoms with Gasteiger partial charge in [0.1, 0.15) is 0 Å². The summed E-state index contributed by atoms with van der Waals surface area (Å²) >= 11 is 0. The molecule has 0 aromatic heterocycles. The number of nitrogens with zero attached hydrogens (tertiary/aromatic N) is 1. The summed E-state index contributed by atoms with van der Waals surface area (Å²) in [6.07, 6.45) is 1.53. The standard InChI is InChI=1S/C12H14N2O2/c1-14-10-4-2-8(7-11(13)15)6-9(10)3-5-12(14)16/h2,4,6H,3,5,7H2,1H3,(H2,13,15). The van der Waals surface area contributed by atoms with Crippen molar-refractivity contribution in [1.29, 1.82) is 0 Å². The Balaban J connectivity index is 2.33. The zero-order valence-corrected chi connectivity index (χ0v) is 9.19. The third-order valence-corrected chi connectivity index (χ3v) is 2.87. The van der Waals surface area contributed by atoms with Crippen LogP contribution in [0.3, 0.4) is 0 Å². The fraction of sp³-hybridized carbons (Fsp3) is 0.333. The maximum Gasteiger partial charge on any atom is 0.227 e. The summed E-state index contributed by atoms with van der Waals surface area (Å²) in [6.45, 7) is 0. The van der Waals surface area contributed by atoms with Gasteiger partial charge in [-0.1, -0.05) is 12.1 Å². The maximum atomic E-state index is 11.5. The van der Waals surface area contributed by atoms with Crippen LogP contribution in [0.4, 0.5) is 5.69 Å². The van der Waals surface area contributed by atoms with E-state index in [1.807, 2.05) is 18.2 Å². The molecule has 0 spiro atoms. The molecule has 2 rings (SSSR count). The third-order valence-electron chi connectivity index (χ3n) is 2.87. The van der Waals surface area contributed by atoms with E-state index in [0.29, 0.717) is 6.42 Å². The average molecular weight is 218 g/mol. The Morgan fingerprint density at radius 3 is 2.88 bits per heavy atom. The Morgan fingerprint density at radius 2 is 2.19 bits per heavy atom. The Hall–Kier alpha value is -1.84. The number of primary amides is 1. The molecule has 1 aromatic carbocycles. The summed E-state index contributed by atoms with van der Waals surface area (Å²) in [5.74, 6) is -0.199. The second-order valence-electron chi connectivity index (χ2n) is 4.06. The number of benzene rings is 1. The van der Waals surface area contributed by atoms with Crippen LogP contribution >= 0.6 is 0 Å². The van der Waals surface area contributed by atoms with Crippen molar-refractivity contribution in [3.05, 3.63) is 29.3 Å². The quantitative estimate of drug-likeness (QED) is 0.791. The van der Waals surface area contributed by atoms with E-state index in [1.165, 1.54) is 0 Å². The molecule has 0 bridgehead atoms. The molecule has 0 atom stereocenters. The smallest absolute Gasteiger partial charge is 0.227 e. The van der Waals surface area contributed by atoms with Gasteiger partial charge in [0.05, 0.1) is 6.42 Å². The van der Waals surface area contributed by atoms with Crippen molar-refractivity contribution in [3.8, 4) is 0 Å². The molecule has 4 heteroatoms. The highest BCUT2D eigenvalue weighted by Crippen LogP contribution is 2.27. The lowest BCUT2D eigenvalue weighted by Gasteiger charge is -2.26. The Morgan fingerprint density at radius 1 is 1.44 bits per heavy atom. The predicted octanol–water partition coefficient (Wildman–Crippen LogP) is 0.623. The number of aryl methyl sites for hydroxylation is 1. The highest BCUT2D eigenvalue weighted by atomic mass is 16.2. The lowest BCUT2D eigenvalue weighted by Crippen LogP contribution is -2.31. The summed E-state index contributed by atoms with van der Waals surface area (Å²) in [7, 11) is 1.77. The van der Waals surface area contributed by atoms with Crippen molar-refractivity contribution in [2.24, 2.45) is 5.73 Å². The largest absolute Gasteiger partial charge is 0.369 e. The molecule has 0 saturated carbocycles. The lowest BCUT2D eigenvalue weighted by atomic mass is 9.98. The molecule has 0 aliphatic carbocycles. The van der Waals surface area contributed by atoms with Crippen LogP contribution < -0.4 is 10.6 Å². The molecule has 16 heavy (non-hydrogen) atoms. The fourth-order valence-electron chi connectivity index (χ4n) is 2.02. The predicted molar refractivity (Wildman–Crippen MR) is 61.1 cm³/mol. The van der Waals surface area contributed by atoms with Crippen molar-refractivity contribution in [2.75, 3.05) is 11.9 Å². The highest BCUT2D eigenvalue weighted by Gasteiger charge is 2.20. The van der Waals surface area contributed by atoms with Crippen LogP contribution in [-0.4, -0.2) is 18.9 Å². The number of carbonyl (C=O) groups excluding carboxylic acids is 2. The van der Waals surface area contributed by atoms with Crippen LogP contribution in [0.15, 0.2) is 18.2 Å². The van der Waals surface area contributed by atoms with Gasteiger partial charge >= 0.3 is 0 Å². The summed E-state index contributed by atoms with van der Waals surface area (Å²) in [6, 6.07) is 5.69. The molecule has 2 N–H and O–H groups in total. The highest BCUT2D eigenvalue weighted by molar-refractivity contribution is 5.96. The van der Waals surface area contributed by atoms with E-state index in [9.17, 15) is 9.59 Å². The van der Waals surface area contributed by atoms with Crippen LogP contribution in [0.25, 0.3) is 0 Å². The summed E-state index contributed by atoms with van der Waals surface area (Å²) < 4.78 is 0. The van der Waals surface area contributed by atoms with Crippen molar-refractivity contribution in [2.45, 2.75) is 19.3 Å². The van der Waals surface area contributed by atoms with E-state index in [2.05, 4.69) is 0 Å². The fourth-order valence-corrected chi connectivity index (χ4v) is 2.02. The number of carbonyl (C=O) groups is 2. The molecule has 0 radical (unpaired) electrons. The minimum Gasteiger partial charge on any atom is -0.369 e. The van der Waals surface area contributed by atoms with Crippen molar-refractivity contribution < 1.29 is 9.59 Å². The normalized spacial score (nSPS) is 14.8. The van der Waals surface area contributed by atoms with Gasteiger partial charge in [0.25, 0.3) is 0 Å². The van der Waals surface area contributed by atoms with Crippen molar-refractivity contribution in [3.63, 3.8) is 0 Å². The zero-order valence-electron chi connectivity index (χ0n) is 9.19. The number of hydrogen-bond donors (Lipinski definition) is 1. The lowest BCUT2D eigenvalue weighted by molar-refractivity contribution is -0.119. The van der Waals surface area contributed by atoms with Gasteiger partial charge in [-0.25, -0.2) is 0 Å². The SMILES string of the molecule is CN1C(=O)CCc2cc(CC(N)=O)ccc21. The van der Waals surface area contributed by atoms with E-state index in [4.69, 9.17) is 5.73 Å². The van der Waals surface area contributed by atoms with Gasteiger partial charge in [0.15, 0.2) is 0 Å². The molecule has 0 fully saturated rings. The number of rotatable bonds is 2.